The van der Waals surface area contributed by atoms with Crippen LogP contribution in [0.3, 0.4) is 0 Å². The van der Waals surface area contributed by atoms with E-state index in [1.807, 2.05) is 6.07 Å². The van der Waals surface area contributed by atoms with E-state index in [0.29, 0.717) is 12.1 Å². The Morgan fingerprint density at radius 1 is 1.26 bits per heavy atom. The molecule has 1 aromatic carbocycles. The van der Waals surface area contributed by atoms with Crippen molar-refractivity contribution in [1.29, 1.82) is 5.26 Å². The van der Waals surface area contributed by atoms with Gasteiger partial charge in [0.15, 0.2) is 0 Å². The first-order chi connectivity index (χ1) is 9.01. The number of carboxylic acids is 2. The van der Waals surface area contributed by atoms with Crippen LogP contribution in [-0.4, -0.2) is 40.1 Å². The van der Waals surface area contributed by atoms with Crippen LogP contribution < -0.4 is 0 Å². The number of carbonyl (C=O) groups is 2. The highest BCUT2D eigenvalue weighted by atomic mass is 16.4. The predicted molar refractivity (Wildman–Crippen MR) is 66.3 cm³/mol. The second kappa shape index (κ2) is 7.13. The second-order valence-electron chi connectivity index (χ2n) is 4.06. The lowest BCUT2D eigenvalue weighted by molar-refractivity contribution is -0.141. The van der Waals surface area contributed by atoms with Gasteiger partial charge in [-0.15, -0.1) is 0 Å². The molecule has 19 heavy (non-hydrogen) atoms. The molecule has 0 radical (unpaired) electrons. The highest BCUT2D eigenvalue weighted by Crippen LogP contribution is 2.08. The van der Waals surface area contributed by atoms with E-state index in [0.717, 1.165) is 5.56 Å². The average molecular weight is 262 g/mol. The summed E-state index contributed by atoms with van der Waals surface area (Å²) < 4.78 is 0. The van der Waals surface area contributed by atoms with Gasteiger partial charge in [-0.1, -0.05) is 12.1 Å². The minimum Gasteiger partial charge on any atom is -0.481 e. The van der Waals surface area contributed by atoms with Gasteiger partial charge < -0.3 is 10.2 Å². The molecular formula is C13H14N2O4. The van der Waals surface area contributed by atoms with E-state index in [4.69, 9.17) is 15.5 Å². The van der Waals surface area contributed by atoms with Crippen molar-refractivity contribution >= 4 is 11.9 Å². The molecule has 0 unspecified atom stereocenters. The fraction of sp³-hybridized carbons (Fsp3) is 0.308. The summed E-state index contributed by atoms with van der Waals surface area (Å²) in [4.78, 5) is 22.8. The summed E-state index contributed by atoms with van der Waals surface area (Å²) in [6.45, 7) is 0.220. The van der Waals surface area contributed by atoms with E-state index in [2.05, 4.69) is 0 Å². The van der Waals surface area contributed by atoms with Gasteiger partial charge in [0.05, 0.1) is 24.6 Å². The molecule has 0 amide bonds. The third-order valence-electron chi connectivity index (χ3n) is 2.46. The van der Waals surface area contributed by atoms with Gasteiger partial charge in [-0.05, 0) is 17.7 Å². The molecule has 6 heteroatoms. The minimum absolute atomic E-state index is 0.120. The highest BCUT2D eigenvalue weighted by molar-refractivity contribution is 5.69. The summed E-state index contributed by atoms with van der Waals surface area (Å²) in [7, 11) is 0. The van der Waals surface area contributed by atoms with E-state index in [1.54, 1.807) is 24.3 Å². The Balaban J connectivity index is 2.72. The van der Waals surface area contributed by atoms with Gasteiger partial charge in [0.25, 0.3) is 0 Å². The quantitative estimate of drug-likeness (QED) is 0.757. The van der Waals surface area contributed by atoms with Gasteiger partial charge in [0.1, 0.15) is 0 Å². The standard InChI is InChI=1S/C13H14N2O4/c14-7-10-2-1-3-11(6-10)8-15(9-13(18)19)5-4-12(16)17/h1-3,6H,4-5,8-9H2,(H,16,17)(H,18,19). The molecule has 1 rings (SSSR count). The molecule has 0 aliphatic carbocycles. The zero-order valence-electron chi connectivity index (χ0n) is 10.2. The summed E-state index contributed by atoms with van der Waals surface area (Å²) in [5.74, 6) is -1.98. The van der Waals surface area contributed by atoms with Crippen molar-refractivity contribution in [3.8, 4) is 6.07 Å². The molecule has 2 N–H and O–H groups in total. The number of carboxylic acid groups (broad SMARTS) is 2. The largest absolute Gasteiger partial charge is 0.481 e. The lowest BCUT2D eigenvalue weighted by atomic mass is 10.1. The molecule has 0 heterocycles. The molecule has 0 spiro atoms. The van der Waals surface area contributed by atoms with E-state index >= 15 is 0 Å². The van der Waals surface area contributed by atoms with Crippen molar-refractivity contribution in [1.82, 2.24) is 4.90 Å². The maximum Gasteiger partial charge on any atom is 0.317 e. The lowest BCUT2D eigenvalue weighted by Gasteiger charge is -2.19. The van der Waals surface area contributed by atoms with E-state index in [1.165, 1.54) is 4.90 Å². The van der Waals surface area contributed by atoms with Crippen molar-refractivity contribution in [3.05, 3.63) is 35.4 Å². The van der Waals surface area contributed by atoms with Crippen molar-refractivity contribution in [3.63, 3.8) is 0 Å². The number of rotatable bonds is 7. The van der Waals surface area contributed by atoms with Gasteiger partial charge in [-0.25, -0.2) is 0 Å². The van der Waals surface area contributed by atoms with Crippen LogP contribution in [0.2, 0.25) is 0 Å². The maximum absolute atomic E-state index is 10.7. The second-order valence-corrected chi connectivity index (χ2v) is 4.06. The zero-order chi connectivity index (χ0) is 14.3. The number of hydrogen-bond donors (Lipinski definition) is 2. The Morgan fingerprint density at radius 2 is 2.00 bits per heavy atom. The van der Waals surface area contributed by atoms with E-state index < -0.39 is 11.9 Å². The molecule has 6 nitrogen and oxygen atoms in total. The Labute approximate surface area is 110 Å². The van der Waals surface area contributed by atoms with E-state index in [9.17, 15) is 9.59 Å². The van der Waals surface area contributed by atoms with Gasteiger partial charge in [-0.3, -0.25) is 14.5 Å². The minimum atomic E-state index is -1.01. The molecule has 0 aliphatic rings. The molecule has 0 fully saturated rings. The highest BCUT2D eigenvalue weighted by Gasteiger charge is 2.12. The molecule has 0 bridgehead atoms. The Bertz CT molecular complexity index is 508. The summed E-state index contributed by atoms with van der Waals surface area (Å²) in [6, 6.07) is 8.81. The molecule has 100 valence electrons. The molecule has 0 aliphatic heterocycles. The van der Waals surface area contributed by atoms with Crippen LogP contribution in [0.1, 0.15) is 17.5 Å². The van der Waals surface area contributed by atoms with Crippen LogP contribution in [0.4, 0.5) is 0 Å². The molecule has 0 atom stereocenters. The number of aliphatic carboxylic acids is 2. The van der Waals surface area contributed by atoms with Crippen LogP contribution in [-0.2, 0) is 16.1 Å². The summed E-state index contributed by atoms with van der Waals surface area (Å²) in [6.07, 6.45) is -0.120. The number of benzene rings is 1. The van der Waals surface area contributed by atoms with Crippen molar-refractivity contribution in [2.75, 3.05) is 13.1 Å². The third kappa shape index (κ3) is 5.66. The topological polar surface area (TPSA) is 102 Å². The Hall–Kier alpha value is -2.39. The molecular weight excluding hydrogens is 248 g/mol. The molecule has 1 aromatic rings. The average Bonchev–Trinajstić information content (AvgIpc) is 2.35. The normalized spacial score (nSPS) is 10.1. The van der Waals surface area contributed by atoms with E-state index in [-0.39, 0.29) is 19.5 Å². The zero-order valence-corrected chi connectivity index (χ0v) is 10.2. The van der Waals surface area contributed by atoms with Gasteiger partial charge >= 0.3 is 11.9 Å². The molecule has 0 saturated carbocycles. The van der Waals surface area contributed by atoms with Crippen LogP contribution in [0.25, 0.3) is 0 Å². The van der Waals surface area contributed by atoms with Crippen LogP contribution >= 0.6 is 0 Å². The first-order valence-electron chi connectivity index (χ1n) is 5.66. The van der Waals surface area contributed by atoms with Crippen LogP contribution in [0.5, 0.6) is 0 Å². The lowest BCUT2D eigenvalue weighted by Crippen LogP contribution is -2.31. The summed E-state index contributed by atoms with van der Waals surface area (Å²) in [5, 5.41) is 26.2. The number of nitrogens with zero attached hydrogens (tertiary/aromatic N) is 2. The van der Waals surface area contributed by atoms with Gasteiger partial charge in [-0.2, -0.15) is 5.26 Å². The smallest absolute Gasteiger partial charge is 0.317 e. The fourth-order valence-electron chi connectivity index (χ4n) is 1.66. The van der Waals surface area contributed by atoms with Crippen LogP contribution in [0.15, 0.2) is 24.3 Å². The first-order valence-corrected chi connectivity index (χ1v) is 5.66. The monoisotopic (exact) mass is 262 g/mol. The number of hydrogen-bond acceptors (Lipinski definition) is 4. The number of nitriles is 1. The van der Waals surface area contributed by atoms with Crippen LogP contribution in [0, 0.1) is 11.3 Å². The SMILES string of the molecule is N#Cc1cccc(CN(CCC(=O)O)CC(=O)O)c1. The Morgan fingerprint density at radius 3 is 2.58 bits per heavy atom. The maximum atomic E-state index is 10.7. The third-order valence-corrected chi connectivity index (χ3v) is 2.46. The van der Waals surface area contributed by atoms with Gasteiger partial charge in [0.2, 0.25) is 0 Å². The Kier molecular flexibility index (Phi) is 5.51. The first kappa shape index (κ1) is 14.7. The summed E-state index contributed by atoms with van der Waals surface area (Å²) >= 11 is 0. The van der Waals surface area contributed by atoms with Gasteiger partial charge in [0, 0.05) is 13.1 Å². The fourth-order valence-corrected chi connectivity index (χ4v) is 1.66. The molecule has 0 aromatic heterocycles. The molecule has 0 saturated heterocycles. The van der Waals surface area contributed by atoms with Crippen molar-refractivity contribution in [2.45, 2.75) is 13.0 Å². The van der Waals surface area contributed by atoms with Crippen molar-refractivity contribution < 1.29 is 19.8 Å². The van der Waals surface area contributed by atoms with Crippen molar-refractivity contribution in [2.24, 2.45) is 0 Å². The summed E-state index contributed by atoms with van der Waals surface area (Å²) in [5.41, 5.74) is 1.27. The predicted octanol–water partition coefficient (Wildman–Crippen LogP) is 0.920.